The molecule has 0 spiro atoms. The molecule has 1 aliphatic carbocycles. The van der Waals surface area contributed by atoms with E-state index in [9.17, 15) is 0 Å². The number of piperidine rings is 1. The van der Waals surface area contributed by atoms with Crippen LogP contribution in [0.3, 0.4) is 0 Å². The lowest BCUT2D eigenvalue weighted by Gasteiger charge is -2.27. The van der Waals surface area contributed by atoms with Crippen molar-refractivity contribution in [2.24, 2.45) is 5.92 Å². The van der Waals surface area contributed by atoms with Crippen LogP contribution < -0.4 is 15.3 Å². The SMILES string of the molecule is Cc1ccc(Pc2cc(CC3C=CC=CC3)ccc2OCc2ccccc2)c(CN2CCCCC2)c1. The quantitative estimate of drug-likeness (QED) is 0.301. The average Bonchev–Trinajstić information content (AvgIpc) is 2.91. The topological polar surface area (TPSA) is 12.5 Å². The summed E-state index contributed by atoms with van der Waals surface area (Å²) in [5, 5.41) is 2.77. The summed E-state index contributed by atoms with van der Waals surface area (Å²) < 4.78 is 6.43. The third kappa shape index (κ3) is 6.96. The lowest BCUT2D eigenvalue weighted by molar-refractivity contribution is 0.221. The first-order chi connectivity index (χ1) is 17.7. The molecule has 1 saturated heterocycles. The third-order valence-corrected chi connectivity index (χ3v) is 8.64. The monoisotopic (exact) mass is 495 g/mol. The molecule has 0 saturated carbocycles. The predicted molar refractivity (Wildman–Crippen MR) is 155 cm³/mol. The van der Waals surface area contributed by atoms with Crippen molar-refractivity contribution in [3.8, 4) is 5.75 Å². The summed E-state index contributed by atoms with van der Waals surface area (Å²) in [4.78, 5) is 2.64. The molecule has 0 bridgehead atoms. The molecule has 2 unspecified atom stereocenters. The van der Waals surface area contributed by atoms with Crippen LogP contribution in [0.4, 0.5) is 0 Å². The van der Waals surface area contributed by atoms with Gasteiger partial charge in [-0.05, 0) is 85.7 Å². The van der Waals surface area contributed by atoms with Crippen molar-refractivity contribution in [1.82, 2.24) is 4.90 Å². The second kappa shape index (κ2) is 12.5. The first kappa shape index (κ1) is 25.0. The molecule has 5 rings (SSSR count). The Kier molecular flexibility index (Phi) is 8.70. The van der Waals surface area contributed by atoms with Gasteiger partial charge in [-0.3, -0.25) is 4.90 Å². The standard InChI is InChI=1S/C33H38NOP/c1-26-15-18-32(30(21-26)24-34-19-9-4-10-20-34)36-33-23-29(22-27-11-5-2-6-12-27)16-17-31(33)35-25-28-13-7-3-8-14-28/h2-3,5-8,11,13-18,21,23,27,36H,4,9-10,12,19-20,22,24-25H2,1H3. The van der Waals surface area contributed by atoms with Crippen molar-refractivity contribution in [3.05, 3.63) is 113 Å². The fraction of sp³-hybridized carbons (Fsp3) is 0.333. The number of hydrogen-bond acceptors (Lipinski definition) is 2. The molecule has 0 radical (unpaired) electrons. The van der Waals surface area contributed by atoms with Gasteiger partial charge in [0.05, 0.1) is 0 Å². The highest BCUT2D eigenvalue weighted by atomic mass is 31.1. The average molecular weight is 496 g/mol. The van der Waals surface area contributed by atoms with Gasteiger partial charge in [0.25, 0.3) is 0 Å². The smallest absolute Gasteiger partial charge is 0.127 e. The Morgan fingerprint density at radius 1 is 0.861 bits per heavy atom. The molecule has 2 nitrogen and oxygen atoms in total. The van der Waals surface area contributed by atoms with Gasteiger partial charge in [-0.15, -0.1) is 0 Å². The predicted octanol–water partition coefficient (Wildman–Crippen LogP) is 6.86. The van der Waals surface area contributed by atoms with E-state index in [1.807, 2.05) is 0 Å². The number of ether oxygens (including phenoxy) is 1. The van der Waals surface area contributed by atoms with Gasteiger partial charge in [0.2, 0.25) is 0 Å². The molecule has 1 fully saturated rings. The van der Waals surface area contributed by atoms with Gasteiger partial charge in [-0.2, -0.15) is 0 Å². The Morgan fingerprint density at radius 3 is 2.53 bits per heavy atom. The van der Waals surface area contributed by atoms with E-state index < -0.39 is 0 Å². The highest BCUT2D eigenvalue weighted by Gasteiger charge is 2.16. The number of benzene rings is 3. The van der Waals surface area contributed by atoms with E-state index in [4.69, 9.17) is 4.74 Å². The summed E-state index contributed by atoms with van der Waals surface area (Å²) in [6.45, 7) is 6.32. The molecular weight excluding hydrogens is 457 g/mol. The van der Waals surface area contributed by atoms with E-state index in [1.54, 1.807) is 0 Å². The molecule has 3 aromatic carbocycles. The van der Waals surface area contributed by atoms with E-state index in [0.717, 1.165) is 25.1 Å². The fourth-order valence-corrected chi connectivity index (χ4v) is 6.53. The van der Waals surface area contributed by atoms with Crippen LogP contribution in [-0.2, 0) is 19.6 Å². The van der Waals surface area contributed by atoms with Crippen molar-refractivity contribution in [1.29, 1.82) is 0 Å². The van der Waals surface area contributed by atoms with Crippen molar-refractivity contribution in [2.45, 2.75) is 52.2 Å². The highest BCUT2D eigenvalue weighted by molar-refractivity contribution is 7.55. The molecular formula is C33H38NOP. The van der Waals surface area contributed by atoms with E-state index in [2.05, 4.69) is 103 Å². The lowest BCUT2D eigenvalue weighted by atomic mass is 9.93. The first-order valence-electron chi connectivity index (χ1n) is 13.4. The minimum Gasteiger partial charge on any atom is -0.488 e. The normalized spacial score (nSPS) is 18.2. The summed E-state index contributed by atoms with van der Waals surface area (Å²) >= 11 is 0. The van der Waals surface area contributed by atoms with Gasteiger partial charge < -0.3 is 4.74 Å². The van der Waals surface area contributed by atoms with E-state index in [1.165, 1.54) is 65.2 Å². The first-order valence-corrected chi connectivity index (χ1v) is 14.4. The Hall–Kier alpha value is -2.67. The summed E-state index contributed by atoms with van der Waals surface area (Å²) in [5.74, 6) is 1.60. The van der Waals surface area contributed by atoms with Crippen molar-refractivity contribution in [3.63, 3.8) is 0 Å². The molecule has 0 N–H and O–H groups in total. The second-order valence-corrected chi connectivity index (χ2v) is 11.6. The Morgan fingerprint density at radius 2 is 1.72 bits per heavy atom. The fourth-order valence-electron chi connectivity index (χ4n) is 5.23. The van der Waals surface area contributed by atoms with Gasteiger partial charge in [0, 0.05) is 11.8 Å². The van der Waals surface area contributed by atoms with Gasteiger partial charge in [-0.1, -0.05) is 99.5 Å². The van der Waals surface area contributed by atoms with Crippen molar-refractivity contribution in [2.75, 3.05) is 13.1 Å². The van der Waals surface area contributed by atoms with Crippen LogP contribution in [-0.4, -0.2) is 18.0 Å². The summed E-state index contributed by atoms with van der Waals surface area (Å²) in [5.41, 5.74) is 5.44. The number of allylic oxidation sites excluding steroid dienone is 4. The van der Waals surface area contributed by atoms with Crippen LogP contribution in [0.15, 0.2) is 91.0 Å². The minimum atomic E-state index is 0.580. The molecule has 2 atom stereocenters. The third-order valence-electron chi connectivity index (χ3n) is 7.22. The number of rotatable bonds is 9. The number of likely N-dealkylation sites (tertiary alicyclic amines) is 1. The van der Waals surface area contributed by atoms with Gasteiger partial charge in [0.15, 0.2) is 0 Å². The largest absolute Gasteiger partial charge is 0.488 e. The summed E-state index contributed by atoms with van der Waals surface area (Å²) in [6.07, 6.45) is 15.2. The van der Waals surface area contributed by atoms with Crippen LogP contribution in [0.25, 0.3) is 0 Å². The summed E-state index contributed by atoms with van der Waals surface area (Å²) in [6, 6.07) is 24.4. The van der Waals surface area contributed by atoms with Crippen molar-refractivity contribution < 1.29 is 4.74 Å². The molecule has 1 aliphatic heterocycles. The number of aryl methyl sites for hydroxylation is 1. The maximum atomic E-state index is 6.43. The molecule has 0 amide bonds. The maximum absolute atomic E-state index is 6.43. The second-order valence-electron chi connectivity index (χ2n) is 10.2. The molecule has 3 aromatic rings. The van der Waals surface area contributed by atoms with E-state index >= 15 is 0 Å². The lowest BCUT2D eigenvalue weighted by Crippen LogP contribution is -2.30. The molecule has 2 aliphatic rings. The zero-order valence-corrected chi connectivity index (χ0v) is 22.5. The molecule has 3 heteroatoms. The molecule has 186 valence electrons. The van der Waals surface area contributed by atoms with Crippen LogP contribution >= 0.6 is 8.58 Å². The van der Waals surface area contributed by atoms with Gasteiger partial charge in [-0.25, -0.2) is 0 Å². The highest BCUT2D eigenvalue weighted by Crippen LogP contribution is 2.27. The van der Waals surface area contributed by atoms with Crippen LogP contribution in [0.5, 0.6) is 5.75 Å². The Bertz CT molecular complexity index is 1190. The maximum Gasteiger partial charge on any atom is 0.127 e. The zero-order chi connectivity index (χ0) is 24.6. The van der Waals surface area contributed by atoms with Crippen molar-refractivity contribution >= 4 is 19.2 Å². The van der Waals surface area contributed by atoms with E-state index in [0.29, 0.717) is 21.1 Å². The van der Waals surface area contributed by atoms with Gasteiger partial charge in [0.1, 0.15) is 12.4 Å². The van der Waals surface area contributed by atoms with Crippen LogP contribution in [0.1, 0.15) is 47.9 Å². The number of nitrogens with zero attached hydrogens (tertiary/aromatic N) is 1. The zero-order valence-electron chi connectivity index (χ0n) is 21.5. The van der Waals surface area contributed by atoms with E-state index in [-0.39, 0.29) is 0 Å². The molecule has 0 aromatic heterocycles. The number of hydrogen-bond donors (Lipinski definition) is 0. The van der Waals surface area contributed by atoms with Crippen LogP contribution in [0, 0.1) is 12.8 Å². The molecule has 1 heterocycles. The van der Waals surface area contributed by atoms with Crippen LogP contribution in [0.2, 0.25) is 0 Å². The summed E-state index contributed by atoms with van der Waals surface area (Å²) in [7, 11) is 0.584. The van der Waals surface area contributed by atoms with Gasteiger partial charge >= 0.3 is 0 Å². The minimum absolute atomic E-state index is 0.580. The molecule has 36 heavy (non-hydrogen) atoms. The Balaban J connectivity index is 1.40. The Labute approximate surface area is 218 Å².